The number of nitrogens with one attached hydrogen (secondary N) is 1. The van der Waals surface area contributed by atoms with E-state index in [1.807, 2.05) is 22.6 Å². The minimum atomic E-state index is -1.64. The second-order valence-electron chi connectivity index (χ2n) is 4.24. The Kier molecular flexibility index (Phi) is 5.55. The zero-order chi connectivity index (χ0) is 17.1. The first-order valence-electron chi connectivity index (χ1n) is 5.97. The van der Waals surface area contributed by atoms with Crippen LogP contribution in [0.1, 0.15) is 0 Å². The Balaban J connectivity index is 2.30. The molecule has 1 amide bonds. The van der Waals surface area contributed by atoms with E-state index in [1.165, 1.54) is 18.2 Å². The summed E-state index contributed by atoms with van der Waals surface area (Å²) in [6.07, 6.45) is 0. The Hall–Kier alpha value is -1.71. The summed E-state index contributed by atoms with van der Waals surface area (Å²) in [6.45, 7) is 0. The molecule has 0 aliphatic carbocycles. The topological polar surface area (TPSA) is 95.9 Å². The van der Waals surface area contributed by atoms with E-state index < -0.39 is 11.9 Å². The summed E-state index contributed by atoms with van der Waals surface area (Å²) in [5, 5.41) is 20.6. The van der Waals surface area contributed by atoms with Gasteiger partial charge in [0.2, 0.25) is 0 Å². The average Bonchev–Trinajstić information content (AvgIpc) is 2.44. The number of rotatable bonds is 3. The van der Waals surface area contributed by atoms with Crippen molar-refractivity contribution in [3.05, 3.63) is 43.9 Å². The van der Waals surface area contributed by atoms with Gasteiger partial charge in [-0.2, -0.15) is 0 Å². The van der Waals surface area contributed by atoms with E-state index in [1.54, 1.807) is 12.1 Å². The van der Waals surface area contributed by atoms with Gasteiger partial charge in [-0.3, -0.25) is 4.79 Å². The van der Waals surface area contributed by atoms with Crippen molar-refractivity contribution < 1.29 is 24.5 Å². The van der Waals surface area contributed by atoms with Crippen molar-refractivity contribution in [3.8, 4) is 17.2 Å². The number of hydrogen-bond donors (Lipinski definition) is 3. The Bertz CT molecular complexity index is 774. The van der Waals surface area contributed by atoms with Crippen molar-refractivity contribution in [3.63, 3.8) is 0 Å². The smallest absolute Gasteiger partial charge is 0.394 e. The first kappa shape index (κ1) is 17.6. The fraction of sp³-hybridized carbons (Fsp3) is 0. The van der Waals surface area contributed by atoms with Gasteiger partial charge in [0.15, 0.2) is 17.2 Å². The monoisotopic (exact) mass is 467 g/mol. The Morgan fingerprint density at radius 2 is 1.74 bits per heavy atom. The lowest BCUT2D eigenvalue weighted by atomic mass is 10.2. The molecular formula is C14H8Cl2INO5. The number of amides is 1. The summed E-state index contributed by atoms with van der Waals surface area (Å²) in [5.41, 5.74) is 0.103. The SMILES string of the molecule is O=C(O)C(=O)Nc1cc(Cl)c(Oc2ccc(I)cc2O)c(Cl)c1. The van der Waals surface area contributed by atoms with Gasteiger partial charge in [0, 0.05) is 9.26 Å². The van der Waals surface area contributed by atoms with E-state index in [0.29, 0.717) is 0 Å². The lowest BCUT2D eigenvalue weighted by Crippen LogP contribution is -2.21. The van der Waals surface area contributed by atoms with Crippen LogP contribution in [0.4, 0.5) is 5.69 Å². The molecule has 9 heteroatoms. The van der Waals surface area contributed by atoms with Crippen LogP contribution in [-0.4, -0.2) is 22.1 Å². The van der Waals surface area contributed by atoms with Gasteiger partial charge in [-0.05, 0) is 52.9 Å². The average molecular weight is 468 g/mol. The van der Waals surface area contributed by atoms with Gasteiger partial charge in [0.05, 0.1) is 10.0 Å². The van der Waals surface area contributed by atoms with E-state index in [4.69, 9.17) is 33.0 Å². The highest BCUT2D eigenvalue weighted by molar-refractivity contribution is 14.1. The first-order valence-corrected chi connectivity index (χ1v) is 7.81. The zero-order valence-corrected chi connectivity index (χ0v) is 14.8. The normalized spacial score (nSPS) is 10.2. The maximum Gasteiger partial charge on any atom is 0.394 e. The number of carboxylic acid groups (broad SMARTS) is 1. The predicted octanol–water partition coefficient (Wildman–Crippen LogP) is 4.12. The largest absolute Gasteiger partial charge is 0.504 e. The van der Waals surface area contributed by atoms with Crippen molar-refractivity contribution in [1.29, 1.82) is 0 Å². The lowest BCUT2D eigenvalue weighted by Gasteiger charge is -2.12. The van der Waals surface area contributed by atoms with Gasteiger partial charge in [0.1, 0.15) is 0 Å². The van der Waals surface area contributed by atoms with Crippen LogP contribution in [0.5, 0.6) is 17.2 Å². The number of carboxylic acids is 1. The van der Waals surface area contributed by atoms with E-state index in [9.17, 15) is 14.7 Å². The van der Waals surface area contributed by atoms with Crippen molar-refractivity contribution in [1.82, 2.24) is 0 Å². The molecule has 0 spiro atoms. The second-order valence-corrected chi connectivity index (χ2v) is 6.30. The summed E-state index contributed by atoms with van der Waals surface area (Å²) in [7, 11) is 0. The highest BCUT2D eigenvalue weighted by atomic mass is 127. The van der Waals surface area contributed by atoms with E-state index in [0.717, 1.165) is 3.57 Å². The van der Waals surface area contributed by atoms with Crippen molar-refractivity contribution in [2.45, 2.75) is 0 Å². The van der Waals surface area contributed by atoms with Crippen molar-refractivity contribution in [2.24, 2.45) is 0 Å². The molecule has 0 unspecified atom stereocenters. The lowest BCUT2D eigenvalue weighted by molar-refractivity contribution is -0.147. The minimum Gasteiger partial charge on any atom is -0.504 e. The molecule has 0 saturated heterocycles. The maximum absolute atomic E-state index is 11.1. The van der Waals surface area contributed by atoms with Gasteiger partial charge in [-0.1, -0.05) is 23.2 Å². The predicted molar refractivity (Wildman–Crippen MR) is 93.6 cm³/mol. The molecule has 0 heterocycles. The third kappa shape index (κ3) is 4.40. The third-order valence-corrected chi connectivity index (χ3v) is 3.82. The maximum atomic E-state index is 11.1. The number of phenols is 1. The summed E-state index contributed by atoms with van der Waals surface area (Å²) in [4.78, 5) is 21.6. The van der Waals surface area contributed by atoms with Gasteiger partial charge >= 0.3 is 11.9 Å². The number of aromatic hydroxyl groups is 1. The van der Waals surface area contributed by atoms with E-state index in [2.05, 4.69) is 5.32 Å². The van der Waals surface area contributed by atoms with Crippen LogP contribution in [0, 0.1) is 3.57 Å². The third-order valence-electron chi connectivity index (χ3n) is 2.58. The number of benzene rings is 2. The molecular weight excluding hydrogens is 460 g/mol. The van der Waals surface area contributed by atoms with Crippen LogP contribution >= 0.6 is 45.8 Å². The molecule has 6 nitrogen and oxygen atoms in total. The van der Waals surface area contributed by atoms with Crippen LogP contribution in [0.3, 0.4) is 0 Å². The molecule has 3 N–H and O–H groups in total. The number of anilines is 1. The number of aliphatic carboxylic acids is 1. The molecule has 0 fully saturated rings. The Labute approximate surface area is 154 Å². The van der Waals surface area contributed by atoms with Crippen LogP contribution in [0.2, 0.25) is 10.0 Å². The number of halogens is 3. The molecule has 0 atom stereocenters. The van der Waals surface area contributed by atoms with Crippen LogP contribution in [-0.2, 0) is 9.59 Å². The molecule has 23 heavy (non-hydrogen) atoms. The minimum absolute atomic E-state index is 0.0381. The van der Waals surface area contributed by atoms with E-state index in [-0.39, 0.29) is 33.0 Å². The van der Waals surface area contributed by atoms with Crippen LogP contribution < -0.4 is 10.1 Å². The summed E-state index contributed by atoms with van der Waals surface area (Å²) in [5.74, 6) is -2.73. The molecule has 2 rings (SSSR count). The molecule has 0 aliphatic rings. The molecule has 2 aromatic carbocycles. The number of carbonyl (C=O) groups is 2. The first-order chi connectivity index (χ1) is 10.8. The highest BCUT2D eigenvalue weighted by Gasteiger charge is 2.16. The van der Waals surface area contributed by atoms with Gasteiger partial charge in [-0.15, -0.1) is 0 Å². The second kappa shape index (κ2) is 7.24. The standard InChI is InChI=1S/C14H8Cl2INO5/c15-8-4-7(18-13(20)14(21)22)5-9(16)12(8)23-11-2-1-6(17)3-10(11)19/h1-5,19H,(H,18,20)(H,21,22). The molecule has 0 aromatic heterocycles. The zero-order valence-electron chi connectivity index (χ0n) is 11.1. The van der Waals surface area contributed by atoms with Crippen LogP contribution in [0.15, 0.2) is 30.3 Å². The summed E-state index contributed by atoms with van der Waals surface area (Å²) in [6, 6.07) is 7.34. The number of hydrogen-bond acceptors (Lipinski definition) is 4. The number of carbonyl (C=O) groups excluding carboxylic acids is 1. The summed E-state index contributed by atoms with van der Waals surface area (Å²) < 4.78 is 6.30. The molecule has 0 bridgehead atoms. The Morgan fingerprint density at radius 3 is 2.26 bits per heavy atom. The van der Waals surface area contributed by atoms with E-state index >= 15 is 0 Å². The highest BCUT2D eigenvalue weighted by Crippen LogP contribution is 2.41. The van der Waals surface area contributed by atoms with Crippen molar-refractivity contribution in [2.75, 3.05) is 5.32 Å². The van der Waals surface area contributed by atoms with Crippen molar-refractivity contribution >= 4 is 63.4 Å². The Morgan fingerprint density at radius 1 is 1.13 bits per heavy atom. The molecule has 0 aliphatic heterocycles. The molecule has 0 radical (unpaired) electrons. The quantitative estimate of drug-likeness (QED) is 0.466. The number of ether oxygens (including phenoxy) is 1. The fourth-order valence-corrected chi connectivity index (χ4v) is 2.64. The molecule has 2 aromatic rings. The number of phenolic OH excluding ortho intramolecular Hbond substituents is 1. The van der Waals surface area contributed by atoms with Crippen LogP contribution in [0.25, 0.3) is 0 Å². The molecule has 120 valence electrons. The molecule has 0 saturated carbocycles. The fourth-order valence-electron chi connectivity index (χ4n) is 1.60. The summed E-state index contributed by atoms with van der Waals surface area (Å²) >= 11 is 14.1. The van der Waals surface area contributed by atoms with Gasteiger partial charge in [-0.25, -0.2) is 4.79 Å². The van der Waals surface area contributed by atoms with Gasteiger partial charge in [0.25, 0.3) is 0 Å². The van der Waals surface area contributed by atoms with Gasteiger partial charge < -0.3 is 20.3 Å².